The number of thioether (sulfide) groups is 1. The van der Waals surface area contributed by atoms with E-state index in [2.05, 4.69) is 39.8 Å². The third-order valence-electron chi connectivity index (χ3n) is 3.68. The lowest BCUT2D eigenvalue weighted by molar-refractivity contribution is 0.0955. The van der Waals surface area contributed by atoms with E-state index in [0.29, 0.717) is 5.56 Å². The Hall–Kier alpha value is -2.92. The van der Waals surface area contributed by atoms with Gasteiger partial charge in [-0.25, -0.2) is 5.43 Å². The maximum absolute atomic E-state index is 12.1. The largest absolute Gasteiger partial charge is 0.271 e. The van der Waals surface area contributed by atoms with Gasteiger partial charge in [-0.1, -0.05) is 42.5 Å². The molecule has 1 N–H and O–H groups in total. The number of pyridine rings is 1. The van der Waals surface area contributed by atoms with Crippen LogP contribution >= 0.6 is 11.8 Å². The van der Waals surface area contributed by atoms with Crippen LogP contribution in [0.25, 0.3) is 0 Å². The second-order valence-corrected chi connectivity index (χ2v) is 6.64. The molecule has 0 aliphatic carbocycles. The Labute approximate surface area is 157 Å². The molecule has 2 aromatic carbocycles. The molecule has 0 fully saturated rings. The molecule has 3 aromatic rings. The topological polar surface area (TPSA) is 54.4 Å². The van der Waals surface area contributed by atoms with Crippen LogP contribution in [0.3, 0.4) is 0 Å². The molecule has 1 amide bonds. The molecular weight excluding hydrogens is 342 g/mol. The number of hydrazone groups is 1. The van der Waals surface area contributed by atoms with Crippen molar-refractivity contribution in [2.24, 2.45) is 5.10 Å². The molecule has 130 valence electrons. The molecule has 0 aliphatic rings. The molecule has 0 unspecified atom stereocenters. The first kappa shape index (κ1) is 17.9. The fourth-order valence-corrected chi connectivity index (χ4v) is 3.25. The summed E-state index contributed by atoms with van der Waals surface area (Å²) in [5, 5.41) is 3.97. The van der Waals surface area contributed by atoms with Crippen LogP contribution in [0.4, 0.5) is 0 Å². The molecular formula is C21H19N3OS. The average molecular weight is 361 g/mol. The normalized spacial score (nSPS) is 10.8. The van der Waals surface area contributed by atoms with Crippen LogP contribution in [0.1, 0.15) is 27.0 Å². The smallest absolute Gasteiger partial charge is 0.267 e. The van der Waals surface area contributed by atoms with Gasteiger partial charge in [-0.2, -0.15) is 16.9 Å². The summed E-state index contributed by atoms with van der Waals surface area (Å²) in [5.74, 6) is 1.67. The summed E-state index contributed by atoms with van der Waals surface area (Å²) in [7, 11) is 0. The number of carbonyl (C=O) groups is 1. The Kier molecular flexibility index (Phi) is 6.56. The van der Waals surface area contributed by atoms with Crippen LogP contribution in [0.2, 0.25) is 0 Å². The van der Waals surface area contributed by atoms with Crippen LogP contribution in [-0.4, -0.2) is 17.1 Å². The lowest BCUT2D eigenvalue weighted by Gasteiger charge is -2.04. The van der Waals surface area contributed by atoms with Crippen LogP contribution < -0.4 is 5.43 Å². The fourth-order valence-electron chi connectivity index (χ4n) is 2.29. The Morgan fingerprint density at radius 1 is 0.923 bits per heavy atom. The Morgan fingerprint density at radius 3 is 2.27 bits per heavy atom. The highest BCUT2D eigenvalue weighted by Gasteiger charge is 2.04. The number of hydrogen-bond acceptors (Lipinski definition) is 4. The van der Waals surface area contributed by atoms with Gasteiger partial charge in [-0.05, 0) is 41.0 Å². The van der Waals surface area contributed by atoms with Crippen molar-refractivity contribution in [1.29, 1.82) is 0 Å². The fraction of sp³-hybridized carbons (Fsp3) is 0.0952. The summed E-state index contributed by atoms with van der Waals surface area (Å²) in [4.78, 5) is 16.0. The van der Waals surface area contributed by atoms with Gasteiger partial charge in [0.25, 0.3) is 5.91 Å². The molecule has 1 heterocycles. The van der Waals surface area contributed by atoms with Crippen molar-refractivity contribution in [3.63, 3.8) is 0 Å². The highest BCUT2D eigenvalue weighted by atomic mass is 32.2. The monoisotopic (exact) mass is 361 g/mol. The second kappa shape index (κ2) is 9.53. The number of aromatic nitrogens is 1. The summed E-state index contributed by atoms with van der Waals surface area (Å²) in [6, 6.07) is 21.7. The zero-order chi connectivity index (χ0) is 18.0. The number of nitrogens with one attached hydrogen (secondary N) is 1. The molecule has 0 spiro atoms. The van der Waals surface area contributed by atoms with Crippen molar-refractivity contribution in [2.75, 3.05) is 0 Å². The minimum Gasteiger partial charge on any atom is -0.267 e. The van der Waals surface area contributed by atoms with Crippen LogP contribution in [0.15, 0.2) is 84.2 Å². The summed E-state index contributed by atoms with van der Waals surface area (Å²) in [6.45, 7) is 0. The van der Waals surface area contributed by atoms with E-state index < -0.39 is 0 Å². The van der Waals surface area contributed by atoms with Gasteiger partial charge in [-0.3, -0.25) is 9.78 Å². The quantitative estimate of drug-likeness (QED) is 0.505. The lowest BCUT2D eigenvalue weighted by Crippen LogP contribution is -2.17. The predicted molar refractivity (Wildman–Crippen MR) is 107 cm³/mol. The molecule has 5 heteroatoms. The molecule has 0 atom stereocenters. The zero-order valence-corrected chi connectivity index (χ0v) is 15.0. The minimum absolute atomic E-state index is 0.223. The number of rotatable bonds is 7. The van der Waals surface area contributed by atoms with Gasteiger partial charge in [0.05, 0.1) is 6.21 Å². The van der Waals surface area contributed by atoms with Crippen LogP contribution in [-0.2, 0) is 11.5 Å². The molecule has 0 radical (unpaired) electrons. The van der Waals surface area contributed by atoms with E-state index in [0.717, 1.165) is 17.1 Å². The van der Waals surface area contributed by atoms with Gasteiger partial charge < -0.3 is 0 Å². The molecule has 26 heavy (non-hydrogen) atoms. The van der Waals surface area contributed by atoms with Crippen molar-refractivity contribution in [3.8, 4) is 0 Å². The second-order valence-electron chi connectivity index (χ2n) is 5.65. The summed E-state index contributed by atoms with van der Waals surface area (Å²) >= 11 is 1.86. The van der Waals surface area contributed by atoms with Crippen molar-refractivity contribution >= 4 is 23.9 Å². The van der Waals surface area contributed by atoms with Crippen molar-refractivity contribution in [2.45, 2.75) is 11.5 Å². The summed E-state index contributed by atoms with van der Waals surface area (Å²) in [5.41, 5.74) is 6.53. The van der Waals surface area contributed by atoms with E-state index in [1.807, 2.05) is 54.2 Å². The molecule has 0 saturated heterocycles. The molecule has 0 bridgehead atoms. The van der Waals surface area contributed by atoms with Gasteiger partial charge in [0.15, 0.2) is 0 Å². The highest BCUT2D eigenvalue weighted by molar-refractivity contribution is 7.97. The van der Waals surface area contributed by atoms with Gasteiger partial charge in [0.1, 0.15) is 0 Å². The van der Waals surface area contributed by atoms with Gasteiger partial charge in [-0.15, -0.1) is 0 Å². The third kappa shape index (κ3) is 5.57. The van der Waals surface area contributed by atoms with Crippen LogP contribution in [0.5, 0.6) is 0 Å². The van der Waals surface area contributed by atoms with E-state index in [-0.39, 0.29) is 5.91 Å². The molecule has 1 aromatic heterocycles. The number of nitrogens with zero attached hydrogens (tertiary/aromatic N) is 2. The standard InChI is InChI=1S/C21H19N3OS/c25-21(24-23-14-17-10-12-22-13-11-17)20-8-6-19(7-9-20)16-26-15-18-4-2-1-3-5-18/h1-14H,15-16H2,(H,24,25)/b23-14-. The van der Waals surface area contributed by atoms with Gasteiger partial charge >= 0.3 is 0 Å². The van der Waals surface area contributed by atoms with E-state index in [1.165, 1.54) is 11.1 Å². The van der Waals surface area contributed by atoms with E-state index in [9.17, 15) is 4.79 Å². The van der Waals surface area contributed by atoms with E-state index in [1.54, 1.807) is 18.6 Å². The van der Waals surface area contributed by atoms with Gasteiger partial charge in [0, 0.05) is 29.5 Å². The zero-order valence-electron chi connectivity index (χ0n) is 14.2. The number of benzene rings is 2. The maximum atomic E-state index is 12.1. The summed E-state index contributed by atoms with van der Waals surface area (Å²) < 4.78 is 0. The first-order valence-electron chi connectivity index (χ1n) is 8.25. The molecule has 3 rings (SSSR count). The lowest BCUT2D eigenvalue weighted by atomic mass is 10.1. The molecule has 4 nitrogen and oxygen atoms in total. The predicted octanol–water partition coefficient (Wildman–Crippen LogP) is 4.28. The first-order valence-corrected chi connectivity index (χ1v) is 9.41. The Morgan fingerprint density at radius 2 is 1.58 bits per heavy atom. The Balaban J connectivity index is 1.47. The van der Waals surface area contributed by atoms with Crippen molar-refractivity contribution in [3.05, 3.63) is 101 Å². The van der Waals surface area contributed by atoms with Crippen LogP contribution in [0, 0.1) is 0 Å². The van der Waals surface area contributed by atoms with E-state index >= 15 is 0 Å². The number of hydrogen-bond donors (Lipinski definition) is 1. The SMILES string of the molecule is O=C(N/N=C\c1ccncc1)c1ccc(CSCc2ccccc2)cc1. The first-order chi connectivity index (χ1) is 12.8. The summed E-state index contributed by atoms with van der Waals surface area (Å²) in [6.07, 6.45) is 4.95. The van der Waals surface area contributed by atoms with Crippen molar-refractivity contribution in [1.82, 2.24) is 10.4 Å². The molecule has 0 saturated carbocycles. The van der Waals surface area contributed by atoms with E-state index in [4.69, 9.17) is 0 Å². The minimum atomic E-state index is -0.223. The maximum Gasteiger partial charge on any atom is 0.271 e. The average Bonchev–Trinajstić information content (AvgIpc) is 2.70. The Bertz CT molecular complexity index is 849. The molecule has 0 aliphatic heterocycles. The third-order valence-corrected chi connectivity index (χ3v) is 4.76. The van der Waals surface area contributed by atoms with Gasteiger partial charge in [0.2, 0.25) is 0 Å². The highest BCUT2D eigenvalue weighted by Crippen LogP contribution is 2.18. The number of amides is 1. The van der Waals surface area contributed by atoms with Crippen molar-refractivity contribution < 1.29 is 4.79 Å². The number of carbonyl (C=O) groups excluding carboxylic acids is 1.